The molecule has 0 aliphatic carbocycles. The van der Waals surface area contributed by atoms with E-state index in [2.05, 4.69) is 58.4 Å². The van der Waals surface area contributed by atoms with Crippen LogP contribution in [-0.2, 0) is 6.42 Å². The summed E-state index contributed by atoms with van der Waals surface area (Å²) in [5.41, 5.74) is 2.40. The van der Waals surface area contributed by atoms with Crippen molar-refractivity contribution in [3.63, 3.8) is 0 Å². The average molecular weight is 358 g/mol. The Kier molecular flexibility index (Phi) is 5.68. The molecule has 2 aromatic rings. The van der Waals surface area contributed by atoms with Gasteiger partial charge in [-0.25, -0.2) is 4.68 Å². The Morgan fingerprint density at radius 2 is 2.12 bits per heavy atom. The fraction of sp³-hybridized carbons (Fsp3) is 0.474. The molecule has 2 heterocycles. The van der Waals surface area contributed by atoms with Gasteiger partial charge in [0.2, 0.25) is 0 Å². The number of benzene rings is 1. The normalized spacial score (nSPS) is 17.6. The second-order valence-corrected chi connectivity index (χ2v) is 8.67. The minimum atomic E-state index is 0.290. The quantitative estimate of drug-likeness (QED) is 0.675. The van der Waals surface area contributed by atoms with E-state index in [1.165, 1.54) is 5.56 Å². The highest BCUT2D eigenvalue weighted by Crippen LogP contribution is 2.29. The summed E-state index contributed by atoms with van der Waals surface area (Å²) in [5.74, 6) is 2.17. The van der Waals surface area contributed by atoms with Gasteiger partial charge < -0.3 is 10.2 Å². The lowest BCUT2D eigenvalue weighted by Crippen LogP contribution is -2.51. The number of hydrogen-bond donors (Lipinski definition) is 1. The van der Waals surface area contributed by atoms with Crippen molar-refractivity contribution in [3.05, 3.63) is 48.3 Å². The smallest absolute Gasteiger partial charge is 0.193 e. The number of aromatic nitrogens is 2. The molecule has 3 rings (SSSR count). The van der Waals surface area contributed by atoms with Gasteiger partial charge in [-0.1, -0.05) is 12.1 Å². The molecule has 1 N–H and O–H groups in total. The largest absolute Gasteiger partial charge is 0.356 e. The number of thioether (sulfide) groups is 1. The van der Waals surface area contributed by atoms with Gasteiger partial charge in [-0.2, -0.15) is 16.9 Å². The summed E-state index contributed by atoms with van der Waals surface area (Å²) in [5, 5.41) is 7.77. The van der Waals surface area contributed by atoms with Gasteiger partial charge in [-0.05, 0) is 44.0 Å². The van der Waals surface area contributed by atoms with Crippen LogP contribution in [0.3, 0.4) is 0 Å². The fourth-order valence-corrected chi connectivity index (χ4v) is 4.20. The van der Waals surface area contributed by atoms with E-state index >= 15 is 0 Å². The summed E-state index contributed by atoms with van der Waals surface area (Å²) in [7, 11) is 1.87. The Hall–Kier alpha value is -1.95. The van der Waals surface area contributed by atoms with Gasteiger partial charge in [0.25, 0.3) is 0 Å². The molecule has 1 fully saturated rings. The van der Waals surface area contributed by atoms with Gasteiger partial charge in [0.1, 0.15) is 0 Å². The van der Waals surface area contributed by atoms with Crippen molar-refractivity contribution >= 4 is 17.7 Å². The molecule has 134 valence electrons. The molecule has 0 saturated carbocycles. The molecule has 25 heavy (non-hydrogen) atoms. The van der Waals surface area contributed by atoms with Crippen molar-refractivity contribution < 1.29 is 0 Å². The number of aliphatic imine (C=N–C) groups is 1. The zero-order valence-corrected chi connectivity index (χ0v) is 16.1. The van der Waals surface area contributed by atoms with Crippen LogP contribution in [0.15, 0.2) is 47.7 Å². The maximum Gasteiger partial charge on any atom is 0.193 e. The third kappa shape index (κ3) is 4.78. The highest BCUT2D eigenvalue weighted by Gasteiger charge is 2.28. The van der Waals surface area contributed by atoms with Crippen LogP contribution in [-0.4, -0.2) is 57.8 Å². The molecule has 0 radical (unpaired) electrons. The topological polar surface area (TPSA) is 45.5 Å². The van der Waals surface area contributed by atoms with Gasteiger partial charge in [0.05, 0.1) is 5.69 Å². The number of nitrogens with zero attached hydrogens (tertiary/aromatic N) is 4. The van der Waals surface area contributed by atoms with Crippen LogP contribution in [0.2, 0.25) is 0 Å². The highest BCUT2D eigenvalue weighted by molar-refractivity contribution is 8.00. The summed E-state index contributed by atoms with van der Waals surface area (Å²) in [4.78, 5) is 6.84. The molecule has 1 aliphatic rings. The number of nitrogens with one attached hydrogen (secondary N) is 1. The Balaban J connectivity index is 1.51. The van der Waals surface area contributed by atoms with Crippen molar-refractivity contribution in [1.82, 2.24) is 20.0 Å². The molecule has 0 bridgehead atoms. The van der Waals surface area contributed by atoms with Gasteiger partial charge in [0.15, 0.2) is 5.96 Å². The van der Waals surface area contributed by atoms with Gasteiger partial charge in [0, 0.05) is 49.6 Å². The first-order chi connectivity index (χ1) is 12.1. The lowest BCUT2D eigenvalue weighted by molar-refractivity contribution is 0.376. The van der Waals surface area contributed by atoms with Crippen molar-refractivity contribution in [2.24, 2.45) is 4.99 Å². The second kappa shape index (κ2) is 7.95. The standard InChI is InChI=1S/C19H27N5S/c1-19(2)15-23(13-14-25-19)18(20-3)21-11-9-16-5-7-17(8-6-16)24-12-4-10-22-24/h4-8,10,12H,9,11,13-15H2,1-3H3,(H,20,21). The molecule has 1 aromatic carbocycles. The van der Waals surface area contributed by atoms with Crippen LogP contribution in [0.4, 0.5) is 0 Å². The molecule has 1 aliphatic heterocycles. The zero-order valence-electron chi connectivity index (χ0n) is 15.3. The van der Waals surface area contributed by atoms with E-state index in [0.717, 1.165) is 43.5 Å². The van der Waals surface area contributed by atoms with E-state index in [9.17, 15) is 0 Å². The molecule has 0 amide bonds. The summed E-state index contributed by atoms with van der Waals surface area (Å²) in [6.45, 7) is 7.59. The molecule has 5 nitrogen and oxygen atoms in total. The summed E-state index contributed by atoms with van der Waals surface area (Å²) >= 11 is 2.04. The van der Waals surface area contributed by atoms with Gasteiger partial charge in [-0.15, -0.1) is 0 Å². The summed E-state index contributed by atoms with van der Waals surface area (Å²) < 4.78 is 2.16. The first kappa shape index (κ1) is 17.9. The summed E-state index contributed by atoms with van der Waals surface area (Å²) in [6.07, 6.45) is 4.73. The molecule has 1 saturated heterocycles. The Morgan fingerprint density at radius 3 is 2.76 bits per heavy atom. The Labute approximate surface area is 154 Å². The van der Waals surface area contributed by atoms with E-state index in [0.29, 0.717) is 0 Å². The Bertz CT molecular complexity index is 691. The van der Waals surface area contributed by atoms with Crippen LogP contribution in [0.25, 0.3) is 5.69 Å². The van der Waals surface area contributed by atoms with E-state index in [1.54, 1.807) is 6.20 Å². The number of hydrogen-bond acceptors (Lipinski definition) is 3. The summed E-state index contributed by atoms with van der Waals surface area (Å²) in [6, 6.07) is 10.5. The maximum absolute atomic E-state index is 4.47. The molecule has 0 spiro atoms. The molecule has 0 unspecified atom stereocenters. The molecule has 0 atom stereocenters. The van der Waals surface area contributed by atoms with E-state index in [-0.39, 0.29) is 4.75 Å². The predicted molar refractivity (Wildman–Crippen MR) is 107 cm³/mol. The minimum absolute atomic E-state index is 0.290. The van der Waals surface area contributed by atoms with Crippen molar-refractivity contribution in [2.75, 3.05) is 32.4 Å². The first-order valence-electron chi connectivity index (χ1n) is 8.76. The van der Waals surface area contributed by atoms with Crippen molar-refractivity contribution in [3.8, 4) is 5.69 Å². The second-order valence-electron chi connectivity index (χ2n) is 6.87. The molecular formula is C19H27N5S. The van der Waals surface area contributed by atoms with Crippen LogP contribution in [0.5, 0.6) is 0 Å². The number of guanidine groups is 1. The van der Waals surface area contributed by atoms with Crippen LogP contribution < -0.4 is 5.32 Å². The molecular weight excluding hydrogens is 330 g/mol. The lowest BCUT2D eigenvalue weighted by Gasteiger charge is -2.39. The lowest BCUT2D eigenvalue weighted by atomic mass is 10.1. The Morgan fingerprint density at radius 1 is 1.32 bits per heavy atom. The van der Waals surface area contributed by atoms with E-state index in [1.807, 2.05) is 35.8 Å². The number of rotatable bonds is 4. The van der Waals surface area contributed by atoms with Crippen molar-refractivity contribution in [1.29, 1.82) is 0 Å². The molecule has 1 aromatic heterocycles. The SMILES string of the molecule is CN=C(NCCc1ccc(-n2cccn2)cc1)N1CCSC(C)(C)C1. The van der Waals surface area contributed by atoms with Gasteiger partial charge in [-0.3, -0.25) is 4.99 Å². The van der Waals surface area contributed by atoms with Crippen LogP contribution in [0.1, 0.15) is 19.4 Å². The van der Waals surface area contributed by atoms with E-state index < -0.39 is 0 Å². The maximum atomic E-state index is 4.47. The predicted octanol–water partition coefficient (Wildman–Crippen LogP) is 2.82. The first-order valence-corrected chi connectivity index (χ1v) is 9.74. The fourth-order valence-electron chi connectivity index (χ4n) is 3.09. The average Bonchev–Trinajstić information content (AvgIpc) is 3.13. The third-order valence-electron chi connectivity index (χ3n) is 4.34. The monoisotopic (exact) mass is 357 g/mol. The minimum Gasteiger partial charge on any atom is -0.356 e. The zero-order chi connectivity index (χ0) is 17.7. The van der Waals surface area contributed by atoms with E-state index in [4.69, 9.17) is 0 Å². The van der Waals surface area contributed by atoms with Gasteiger partial charge >= 0.3 is 0 Å². The van der Waals surface area contributed by atoms with Crippen LogP contribution in [0, 0.1) is 0 Å². The third-order valence-corrected chi connectivity index (χ3v) is 5.64. The van der Waals surface area contributed by atoms with Crippen LogP contribution >= 0.6 is 11.8 Å². The van der Waals surface area contributed by atoms with Crippen molar-refractivity contribution in [2.45, 2.75) is 25.0 Å². The highest BCUT2D eigenvalue weighted by atomic mass is 32.2. The molecule has 6 heteroatoms.